The van der Waals surface area contributed by atoms with Gasteiger partial charge in [-0.2, -0.15) is 0 Å². The molecule has 1 unspecified atom stereocenters. The lowest BCUT2D eigenvalue weighted by atomic mass is 10.2. The molecule has 4 heteroatoms. The number of carbonyl (C=O) groups is 2. The van der Waals surface area contributed by atoms with Crippen molar-refractivity contribution < 1.29 is 19.1 Å². The van der Waals surface area contributed by atoms with E-state index in [1.807, 2.05) is 0 Å². The summed E-state index contributed by atoms with van der Waals surface area (Å²) in [4.78, 5) is 21.6. The van der Waals surface area contributed by atoms with E-state index in [9.17, 15) is 9.59 Å². The predicted molar refractivity (Wildman–Crippen MR) is 40.3 cm³/mol. The molecule has 0 saturated heterocycles. The van der Waals surface area contributed by atoms with E-state index in [1.165, 1.54) is 19.9 Å². The summed E-state index contributed by atoms with van der Waals surface area (Å²) in [6, 6.07) is 0. The van der Waals surface area contributed by atoms with Crippen LogP contribution < -0.4 is 0 Å². The lowest BCUT2D eigenvalue weighted by Crippen LogP contribution is -2.27. The summed E-state index contributed by atoms with van der Waals surface area (Å²) in [6.07, 6.45) is 0.770. The molecule has 0 spiro atoms. The second kappa shape index (κ2) is 3.49. The van der Waals surface area contributed by atoms with Gasteiger partial charge in [-0.15, -0.1) is 0 Å². The van der Waals surface area contributed by atoms with Gasteiger partial charge in [-0.25, -0.2) is 0 Å². The number of Topliss-reactive ketones (excluding diaryl/α,β-unsaturated/α-hetero) is 2. The molecular weight excluding hydrogens is 160 g/mol. The first-order valence-corrected chi connectivity index (χ1v) is 3.59. The van der Waals surface area contributed by atoms with Crippen LogP contribution in [-0.4, -0.2) is 24.5 Å². The lowest BCUT2D eigenvalue weighted by Gasteiger charge is -2.19. The molecule has 0 fully saturated rings. The molecule has 0 aliphatic carbocycles. The van der Waals surface area contributed by atoms with Crippen LogP contribution in [0.1, 0.15) is 13.8 Å². The van der Waals surface area contributed by atoms with Gasteiger partial charge < -0.3 is 9.47 Å². The summed E-state index contributed by atoms with van der Waals surface area (Å²) in [5.41, 5.74) is 0. The maximum absolute atomic E-state index is 10.8. The summed E-state index contributed by atoms with van der Waals surface area (Å²) >= 11 is 0. The molecule has 1 heterocycles. The van der Waals surface area contributed by atoms with Crippen LogP contribution >= 0.6 is 0 Å². The fourth-order valence-corrected chi connectivity index (χ4v) is 0.858. The maximum atomic E-state index is 10.8. The van der Waals surface area contributed by atoms with Gasteiger partial charge in [0, 0.05) is 6.92 Å². The molecule has 4 nitrogen and oxygen atoms in total. The van der Waals surface area contributed by atoms with E-state index < -0.39 is 6.10 Å². The topological polar surface area (TPSA) is 52.6 Å². The summed E-state index contributed by atoms with van der Waals surface area (Å²) in [5, 5.41) is 0. The zero-order valence-corrected chi connectivity index (χ0v) is 6.99. The first kappa shape index (κ1) is 8.93. The standard InChI is InChI=1S/C8H10O4/c1-5(9)7-3-8(6(2)10)12-4-11-7/h3,7H,4H2,1-2H3. The van der Waals surface area contributed by atoms with Gasteiger partial charge in [-0.1, -0.05) is 0 Å². The van der Waals surface area contributed by atoms with E-state index in [4.69, 9.17) is 9.47 Å². The third kappa shape index (κ3) is 1.92. The summed E-state index contributed by atoms with van der Waals surface area (Å²) < 4.78 is 9.78. The van der Waals surface area contributed by atoms with Gasteiger partial charge in [0.05, 0.1) is 0 Å². The molecule has 0 aromatic carbocycles. The van der Waals surface area contributed by atoms with E-state index in [-0.39, 0.29) is 24.1 Å². The van der Waals surface area contributed by atoms with Crippen LogP contribution in [0, 0.1) is 0 Å². The minimum absolute atomic E-state index is 0.0321. The highest BCUT2D eigenvalue weighted by Gasteiger charge is 2.20. The average molecular weight is 170 g/mol. The molecule has 1 rings (SSSR count). The molecule has 12 heavy (non-hydrogen) atoms. The predicted octanol–water partition coefficient (Wildman–Crippen LogP) is 0.421. The van der Waals surface area contributed by atoms with Crippen molar-refractivity contribution in [1.82, 2.24) is 0 Å². The molecule has 0 bridgehead atoms. The minimum Gasteiger partial charge on any atom is -0.464 e. The van der Waals surface area contributed by atoms with Crippen LogP contribution in [0.15, 0.2) is 11.8 Å². The molecule has 0 saturated carbocycles. The molecule has 0 aromatic heterocycles. The second-order valence-corrected chi connectivity index (χ2v) is 2.55. The largest absolute Gasteiger partial charge is 0.464 e. The number of ketones is 2. The molecule has 0 N–H and O–H groups in total. The smallest absolute Gasteiger partial charge is 0.194 e. The second-order valence-electron chi connectivity index (χ2n) is 2.55. The zero-order chi connectivity index (χ0) is 9.14. The van der Waals surface area contributed by atoms with Crippen LogP contribution in [0.5, 0.6) is 0 Å². The Kier molecular flexibility index (Phi) is 2.60. The van der Waals surface area contributed by atoms with Crippen LogP contribution in [0.4, 0.5) is 0 Å². The van der Waals surface area contributed by atoms with E-state index >= 15 is 0 Å². The number of ether oxygens (including phenoxy) is 2. The van der Waals surface area contributed by atoms with Gasteiger partial charge in [-0.3, -0.25) is 9.59 Å². The van der Waals surface area contributed by atoms with Crippen molar-refractivity contribution in [3.63, 3.8) is 0 Å². The Hall–Kier alpha value is -1.16. The van der Waals surface area contributed by atoms with Crippen molar-refractivity contribution in [1.29, 1.82) is 0 Å². The van der Waals surface area contributed by atoms with Crippen molar-refractivity contribution in [2.24, 2.45) is 0 Å². The normalized spacial score (nSPS) is 22.5. The Morgan fingerprint density at radius 3 is 2.67 bits per heavy atom. The average Bonchev–Trinajstić information content (AvgIpc) is 2.04. The Morgan fingerprint density at radius 1 is 1.50 bits per heavy atom. The van der Waals surface area contributed by atoms with Crippen molar-refractivity contribution >= 4 is 11.6 Å². The highest BCUT2D eigenvalue weighted by Crippen LogP contribution is 2.11. The van der Waals surface area contributed by atoms with Crippen molar-refractivity contribution in [3.05, 3.63) is 11.8 Å². The number of carbonyl (C=O) groups excluding carboxylic acids is 2. The highest BCUT2D eigenvalue weighted by molar-refractivity contribution is 5.93. The number of allylic oxidation sites excluding steroid dienone is 1. The Balaban J connectivity index is 2.76. The van der Waals surface area contributed by atoms with E-state index in [1.54, 1.807) is 0 Å². The van der Waals surface area contributed by atoms with Crippen LogP contribution in [0.3, 0.4) is 0 Å². The Labute approximate surface area is 70.1 Å². The SMILES string of the molecule is CC(=O)C1=CC(C(C)=O)OCO1. The van der Waals surface area contributed by atoms with Crippen molar-refractivity contribution in [2.75, 3.05) is 6.79 Å². The first-order chi connectivity index (χ1) is 5.61. The van der Waals surface area contributed by atoms with E-state index in [0.717, 1.165) is 0 Å². The molecule has 1 aliphatic rings. The quantitative estimate of drug-likeness (QED) is 0.602. The van der Waals surface area contributed by atoms with Crippen LogP contribution in [0.2, 0.25) is 0 Å². The van der Waals surface area contributed by atoms with E-state index in [2.05, 4.69) is 0 Å². The Morgan fingerprint density at radius 2 is 2.17 bits per heavy atom. The summed E-state index contributed by atoms with van der Waals surface area (Å²) in [6.45, 7) is 2.76. The Bertz CT molecular complexity index is 241. The fraction of sp³-hybridized carbons (Fsp3) is 0.500. The molecular formula is C8H10O4. The summed E-state index contributed by atoms with van der Waals surface area (Å²) in [5.74, 6) is -0.108. The zero-order valence-electron chi connectivity index (χ0n) is 6.99. The first-order valence-electron chi connectivity index (χ1n) is 3.59. The van der Waals surface area contributed by atoms with Crippen molar-refractivity contribution in [3.8, 4) is 0 Å². The van der Waals surface area contributed by atoms with Crippen LogP contribution in [-0.2, 0) is 19.1 Å². The molecule has 0 amide bonds. The molecule has 1 aliphatic heterocycles. The maximum Gasteiger partial charge on any atom is 0.194 e. The fourth-order valence-electron chi connectivity index (χ4n) is 0.858. The number of rotatable bonds is 2. The van der Waals surface area contributed by atoms with Crippen molar-refractivity contribution in [2.45, 2.75) is 20.0 Å². The number of hydrogen-bond donors (Lipinski definition) is 0. The summed E-state index contributed by atoms with van der Waals surface area (Å²) in [7, 11) is 0. The monoisotopic (exact) mass is 170 g/mol. The van der Waals surface area contributed by atoms with Gasteiger partial charge >= 0.3 is 0 Å². The van der Waals surface area contributed by atoms with Gasteiger partial charge in [0.1, 0.15) is 6.10 Å². The van der Waals surface area contributed by atoms with Gasteiger partial charge in [0.2, 0.25) is 0 Å². The van der Waals surface area contributed by atoms with Gasteiger partial charge in [-0.05, 0) is 13.0 Å². The van der Waals surface area contributed by atoms with Gasteiger partial charge in [0.25, 0.3) is 0 Å². The lowest BCUT2D eigenvalue weighted by molar-refractivity contribution is -0.139. The minimum atomic E-state index is -0.627. The molecule has 66 valence electrons. The van der Waals surface area contributed by atoms with Crippen LogP contribution in [0.25, 0.3) is 0 Å². The third-order valence-electron chi connectivity index (χ3n) is 1.51. The number of hydrogen-bond acceptors (Lipinski definition) is 4. The highest BCUT2D eigenvalue weighted by atomic mass is 16.7. The van der Waals surface area contributed by atoms with Gasteiger partial charge in [0.15, 0.2) is 24.1 Å². The van der Waals surface area contributed by atoms with E-state index in [0.29, 0.717) is 0 Å². The molecule has 1 atom stereocenters. The molecule has 0 radical (unpaired) electrons. The molecule has 0 aromatic rings. The third-order valence-corrected chi connectivity index (χ3v) is 1.51.